The number of nitrogens with zero attached hydrogens (tertiary/aromatic N) is 2. The fourth-order valence-corrected chi connectivity index (χ4v) is 2.46. The average Bonchev–Trinajstić information content (AvgIpc) is 2.39. The van der Waals surface area contributed by atoms with Crippen LogP contribution in [0.3, 0.4) is 0 Å². The van der Waals surface area contributed by atoms with E-state index in [4.69, 9.17) is 0 Å². The van der Waals surface area contributed by atoms with Crippen LogP contribution in [0.5, 0.6) is 0 Å². The lowest BCUT2D eigenvalue weighted by Crippen LogP contribution is -2.45. The summed E-state index contributed by atoms with van der Waals surface area (Å²) in [5, 5.41) is 0.782. The minimum absolute atomic E-state index is 0.0736. The summed E-state index contributed by atoms with van der Waals surface area (Å²) in [5.41, 5.74) is -0.765. The standard InChI is InChI=1S/C14H16BrF3N2O/c15-7-2-8-20(11-3-1-4-11)13(21)12-6-5-10(9-19-12)14(16,17)18/h5-6,9,11H,1-4,7-8H2. The minimum Gasteiger partial charge on any atom is -0.334 e. The number of amides is 1. The molecular formula is C14H16BrF3N2O. The van der Waals surface area contributed by atoms with Crippen molar-refractivity contribution in [2.24, 2.45) is 0 Å². The van der Waals surface area contributed by atoms with E-state index in [0.29, 0.717) is 6.54 Å². The smallest absolute Gasteiger partial charge is 0.334 e. The highest BCUT2D eigenvalue weighted by Crippen LogP contribution is 2.29. The molecule has 1 heterocycles. The Morgan fingerprint density at radius 2 is 2.10 bits per heavy atom. The van der Waals surface area contributed by atoms with Gasteiger partial charge in [0.1, 0.15) is 5.69 Å². The number of aromatic nitrogens is 1. The molecule has 0 atom stereocenters. The first-order chi connectivity index (χ1) is 9.93. The Hall–Kier alpha value is -1.11. The number of hydrogen-bond donors (Lipinski definition) is 0. The summed E-state index contributed by atoms with van der Waals surface area (Å²) in [6, 6.07) is 2.26. The van der Waals surface area contributed by atoms with Crippen LogP contribution in [0, 0.1) is 0 Å². The molecule has 7 heteroatoms. The van der Waals surface area contributed by atoms with Crippen LogP contribution in [0.1, 0.15) is 41.7 Å². The molecule has 0 radical (unpaired) electrons. The Kier molecular flexibility index (Phi) is 5.24. The van der Waals surface area contributed by atoms with Gasteiger partial charge in [-0.2, -0.15) is 13.2 Å². The monoisotopic (exact) mass is 364 g/mol. The predicted molar refractivity (Wildman–Crippen MR) is 76.3 cm³/mol. The van der Waals surface area contributed by atoms with Gasteiger partial charge in [-0.25, -0.2) is 0 Å². The second-order valence-corrected chi connectivity index (χ2v) is 5.85. The van der Waals surface area contributed by atoms with Gasteiger partial charge < -0.3 is 4.90 Å². The first kappa shape index (κ1) is 16.3. The third-order valence-corrected chi connectivity index (χ3v) is 4.18. The van der Waals surface area contributed by atoms with Crippen LogP contribution in [0.25, 0.3) is 0 Å². The number of pyridine rings is 1. The van der Waals surface area contributed by atoms with Gasteiger partial charge in [-0.05, 0) is 37.8 Å². The molecule has 0 aromatic carbocycles. The quantitative estimate of drug-likeness (QED) is 0.742. The zero-order valence-electron chi connectivity index (χ0n) is 11.4. The molecule has 2 rings (SSSR count). The van der Waals surface area contributed by atoms with Gasteiger partial charge in [0.05, 0.1) is 5.56 Å². The number of hydrogen-bond acceptors (Lipinski definition) is 2. The Bertz CT molecular complexity index is 486. The summed E-state index contributed by atoms with van der Waals surface area (Å²) >= 11 is 3.33. The first-order valence-corrected chi connectivity index (χ1v) is 7.96. The lowest BCUT2D eigenvalue weighted by atomic mass is 9.91. The molecule has 0 unspecified atom stereocenters. The maximum Gasteiger partial charge on any atom is 0.417 e. The Morgan fingerprint density at radius 3 is 2.52 bits per heavy atom. The maximum atomic E-state index is 12.5. The molecule has 0 spiro atoms. The van der Waals surface area contributed by atoms with Crippen LogP contribution < -0.4 is 0 Å². The molecule has 3 nitrogen and oxygen atoms in total. The molecule has 116 valence electrons. The van der Waals surface area contributed by atoms with Gasteiger partial charge in [0.2, 0.25) is 0 Å². The van der Waals surface area contributed by atoms with Gasteiger partial charge in [0, 0.05) is 24.1 Å². The molecule has 1 fully saturated rings. The van der Waals surface area contributed by atoms with E-state index in [1.165, 1.54) is 0 Å². The summed E-state index contributed by atoms with van der Waals surface area (Å²) in [4.78, 5) is 17.8. The molecule has 1 aromatic heterocycles. The summed E-state index contributed by atoms with van der Waals surface area (Å²) in [6.45, 7) is 0.595. The van der Waals surface area contributed by atoms with E-state index in [-0.39, 0.29) is 17.6 Å². The maximum absolute atomic E-state index is 12.5. The normalized spacial score (nSPS) is 15.6. The van der Waals surface area contributed by atoms with E-state index >= 15 is 0 Å². The topological polar surface area (TPSA) is 33.2 Å². The number of alkyl halides is 4. The second kappa shape index (κ2) is 6.77. The zero-order chi connectivity index (χ0) is 15.5. The Labute approximate surface area is 129 Å². The van der Waals surface area contributed by atoms with Crippen LogP contribution in [-0.4, -0.2) is 33.7 Å². The summed E-state index contributed by atoms with van der Waals surface area (Å²) in [6.07, 6.45) is 0.0876. The number of rotatable bonds is 5. The fraction of sp³-hybridized carbons (Fsp3) is 0.571. The van der Waals surface area contributed by atoms with Gasteiger partial charge in [-0.1, -0.05) is 15.9 Å². The molecule has 1 aliphatic rings. The zero-order valence-corrected chi connectivity index (χ0v) is 13.0. The lowest BCUT2D eigenvalue weighted by Gasteiger charge is -2.37. The first-order valence-electron chi connectivity index (χ1n) is 6.83. The SMILES string of the molecule is O=C(c1ccc(C(F)(F)F)cn1)N(CCCBr)C1CCC1. The molecule has 1 saturated carbocycles. The van der Waals surface area contributed by atoms with Crippen LogP contribution >= 0.6 is 15.9 Å². The summed E-state index contributed by atoms with van der Waals surface area (Å²) in [7, 11) is 0. The Balaban J connectivity index is 2.12. The van der Waals surface area contributed by atoms with Crippen molar-refractivity contribution in [2.75, 3.05) is 11.9 Å². The average molecular weight is 365 g/mol. The van der Waals surface area contributed by atoms with Gasteiger partial charge >= 0.3 is 6.18 Å². The van der Waals surface area contributed by atoms with Crippen molar-refractivity contribution in [1.82, 2.24) is 9.88 Å². The molecule has 1 aliphatic carbocycles. The van der Waals surface area contributed by atoms with E-state index in [9.17, 15) is 18.0 Å². The van der Waals surface area contributed by atoms with Crippen LogP contribution in [0.15, 0.2) is 18.3 Å². The van der Waals surface area contributed by atoms with Crippen LogP contribution in [0.2, 0.25) is 0 Å². The van der Waals surface area contributed by atoms with E-state index in [1.807, 2.05) is 0 Å². The van der Waals surface area contributed by atoms with Crippen molar-refractivity contribution < 1.29 is 18.0 Å². The van der Waals surface area contributed by atoms with Crippen LogP contribution in [-0.2, 0) is 6.18 Å². The van der Waals surface area contributed by atoms with Gasteiger partial charge in [0.15, 0.2) is 0 Å². The fourth-order valence-electron chi connectivity index (χ4n) is 2.21. The number of carbonyl (C=O) groups is 1. The Morgan fingerprint density at radius 1 is 1.38 bits per heavy atom. The molecule has 0 bridgehead atoms. The molecular weight excluding hydrogens is 349 g/mol. The largest absolute Gasteiger partial charge is 0.417 e. The van der Waals surface area contributed by atoms with E-state index in [0.717, 1.165) is 49.3 Å². The van der Waals surface area contributed by atoms with Gasteiger partial charge in [0.25, 0.3) is 5.91 Å². The highest BCUT2D eigenvalue weighted by Gasteiger charge is 2.32. The number of carbonyl (C=O) groups excluding carboxylic acids is 1. The van der Waals surface area contributed by atoms with Crippen molar-refractivity contribution in [3.05, 3.63) is 29.6 Å². The third kappa shape index (κ3) is 3.96. The van der Waals surface area contributed by atoms with Crippen molar-refractivity contribution in [2.45, 2.75) is 37.9 Å². The van der Waals surface area contributed by atoms with Crippen molar-refractivity contribution in [1.29, 1.82) is 0 Å². The predicted octanol–water partition coefficient (Wildman–Crippen LogP) is 3.88. The molecule has 0 N–H and O–H groups in total. The van der Waals surface area contributed by atoms with Crippen LogP contribution in [0.4, 0.5) is 13.2 Å². The molecule has 1 aromatic rings. The highest BCUT2D eigenvalue weighted by atomic mass is 79.9. The van der Waals surface area contributed by atoms with Gasteiger partial charge in [-0.15, -0.1) is 0 Å². The van der Waals surface area contributed by atoms with Gasteiger partial charge in [-0.3, -0.25) is 9.78 Å². The van der Waals surface area contributed by atoms with E-state index in [1.54, 1.807) is 4.90 Å². The van der Waals surface area contributed by atoms with E-state index < -0.39 is 11.7 Å². The lowest BCUT2D eigenvalue weighted by molar-refractivity contribution is -0.137. The molecule has 21 heavy (non-hydrogen) atoms. The van der Waals surface area contributed by atoms with Crippen molar-refractivity contribution in [3.8, 4) is 0 Å². The molecule has 0 aliphatic heterocycles. The van der Waals surface area contributed by atoms with Crippen molar-refractivity contribution >= 4 is 21.8 Å². The van der Waals surface area contributed by atoms with E-state index in [2.05, 4.69) is 20.9 Å². The third-order valence-electron chi connectivity index (χ3n) is 3.62. The minimum atomic E-state index is -4.43. The summed E-state index contributed by atoms with van der Waals surface area (Å²) in [5.74, 6) is -0.283. The van der Waals surface area contributed by atoms with Crippen molar-refractivity contribution in [3.63, 3.8) is 0 Å². The summed E-state index contributed by atoms with van der Waals surface area (Å²) < 4.78 is 37.5. The molecule has 0 saturated heterocycles. The molecule has 1 amide bonds. The number of halogens is 4. The highest BCUT2D eigenvalue weighted by molar-refractivity contribution is 9.09. The second-order valence-electron chi connectivity index (χ2n) is 5.06.